The normalized spacial score (nSPS) is 20.6. The summed E-state index contributed by atoms with van der Waals surface area (Å²) in [6, 6.07) is 3.99. The molecule has 0 spiro atoms. The number of nitrogens with zero attached hydrogens (tertiary/aromatic N) is 4. The molecule has 2 aromatic rings. The SMILES string of the molecule is CCn1nccc1C(=O)N[C@H](C(=O)Nc1ccc([C@H](C)[C@@H](NC(=O)CF)C(=O)N2CCN(C)[C@H](C)C2)cc1F)C(C1CC1)C1CC1. The molecule has 2 heterocycles. The van der Waals surface area contributed by atoms with E-state index in [1.54, 1.807) is 28.6 Å². The van der Waals surface area contributed by atoms with Gasteiger partial charge in [-0.2, -0.15) is 5.10 Å². The van der Waals surface area contributed by atoms with Gasteiger partial charge in [-0.3, -0.25) is 23.9 Å². The topological polar surface area (TPSA) is 129 Å². The highest BCUT2D eigenvalue weighted by atomic mass is 19.1. The van der Waals surface area contributed by atoms with Gasteiger partial charge >= 0.3 is 0 Å². The summed E-state index contributed by atoms with van der Waals surface area (Å²) in [5.41, 5.74) is 0.694. The fourth-order valence-electron chi connectivity index (χ4n) is 6.60. The van der Waals surface area contributed by atoms with Gasteiger partial charge < -0.3 is 25.8 Å². The lowest BCUT2D eigenvalue weighted by molar-refractivity contribution is -0.139. The Bertz CT molecular complexity index is 1430. The molecule has 0 unspecified atom stereocenters. The van der Waals surface area contributed by atoms with Crippen molar-refractivity contribution in [1.82, 2.24) is 30.2 Å². The molecule has 2 saturated carbocycles. The molecular weight excluding hydrogens is 596 g/mol. The van der Waals surface area contributed by atoms with Crippen molar-refractivity contribution in [2.24, 2.45) is 17.8 Å². The molecule has 1 saturated heterocycles. The van der Waals surface area contributed by atoms with Crippen LogP contribution in [0.5, 0.6) is 0 Å². The fourth-order valence-corrected chi connectivity index (χ4v) is 6.60. The van der Waals surface area contributed by atoms with Gasteiger partial charge in [-0.25, -0.2) is 8.78 Å². The number of nitrogens with one attached hydrogen (secondary N) is 3. The number of aryl methyl sites for hydroxylation is 1. The second kappa shape index (κ2) is 14.3. The summed E-state index contributed by atoms with van der Waals surface area (Å²) < 4.78 is 30.4. The second-order valence-electron chi connectivity index (χ2n) is 13.0. The number of hydrogen-bond donors (Lipinski definition) is 3. The lowest BCUT2D eigenvalue weighted by atomic mass is 9.88. The number of hydrogen-bond acceptors (Lipinski definition) is 6. The summed E-state index contributed by atoms with van der Waals surface area (Å²) in [6.45, 7) is 6.31. The molecule has 4 amide bonds. The average molecular weight is 642 g/mol. The number of alkyl halides is 1. The zero-order valence-electron chi connectivity index (χ0n) is 27.0. The monoisotopic (exact) mass is 641 g/mol. The molecule has 46 heavy (non-hydrogen) atoms. The molecule has 0 radical (unpaired) electrons. The van der Waals surface area contributed by atoms with Crippen molar-refractivity contribution in [3.63, 3.8) is 0 Å². The third-order valence-corrected chi connectivity index (χ3v) is 9.79. The molecule has 0 bridgehead atoms. The Hall–Kier alpha value is -3.87. The number of carbonyl (C=O) groups is 4. The highest BCUT2D eigenvalue weighted by Gasteiger charge is 2.48. The van der Waals surface area contributed by atoms with Crippen LogP contribution < -0.4 is 16.0 Å². The van der Waals surface area contributed by atoms with Crippen molar-refractivity contribution in [2.45, 2.75) is 77.0 Å². The Kier molecular flexibility index (Phi) is 10.4. The van der Waals surface area contributed by atoms with Crippen molar-refractivity contribution in [3.8, 4) is 0 Å². The molecular formula is C33H45F2N7O4. The first-order valence-electron chi connectivity index (χ1n) is 16.3. The summed E-state index contributed by atoms with van der Waals surface area (Å²) in [6.07, 6.45) is 5.49. The number of halogens is 2. The summed E-state index contributed by atoms with van der Waals surface area (Å²) >= 11 is 0. The minimum atomic E-state index is -1.28. The van der Waals surface area contributed by atoms with E-state index in [0.29, 0.717) is 49.3 Å². The van der Waals surface area contributed by atoms with Crippen LogP contribution in [-0.4, -0.2) is 94.7 Å². The van der Waals surface area contributed by atoms with E-state index in [2.05, 4.69) is 25.9 Å². The van der Waals surface area contributed by atoms with Crippen molar-refractivity contribution in [3.05, 3.63) is 47.5 Å². The van der Waals surface area contributed by atoms with E-state index in [-0.39, 0.29) is 23.6 Å². The van der Waals surface area contributed by atoms with Gasteiger partial charge in [0, 0.05) is 44.3 Å². The first-order valence-corrected chi connectivity index (χ1v) is 16.3. The highest BCUT2D eigenvalue weighted by Crippen LogP contribution is 2.51. The molecule has 3 fully saturated rings. The summed E-state index contributed by atoms with van der Waals surface area (Å²) in [5.74, 6) is -3.00. The van der Waals surface area contributed by atoms with E-state index in [9.17, 15) is 23.6 Å². The molecule has 4 atom stereocenters. The number of amides is 4. The molecule has 5 rings (SSSR count). The van der Waals surface area contributed by atoms with E-state index in [1.165, 1.54) is 18.3 Å². The van der Waals surface area contributed by atoms with Gasteiger partial charge in [0.25, 0.3) is 11.8 Å². The summed E-state index contributed by atoms with van der Waals surface area (Å²) in [7, 11) is 1.97. The number of anilines is 1. The zero-order chi connectivity index (χ0) is 33.1. The van der Waals surface area contributed by atoms with Gasteiger partial charge in [0.05, 0.1) is 5.69 Å². The largest absolute Gasteiger partial charge is 0.341 e. The van der Waals surface area contributed by atoms with Crippen LogP contribution in [0, 0.1) is 23.6 Å². The van der Waals surface area contributed by atoms with E-state index in [4.69, 9.17) is 0 Å². The second-order valence-corrected chi connectivity index (χ2v) is 13.0. The van der Waals surface area contributed by atoms with Crippen molar-refractivity contribution >= 4 is 29.3 Å². The van der Waals surface area contributed by atoms with E-state index in [1.807, 2.05) is 20.9 Å². The van der Waals surface area contributed by atoms with Gasteiger partial charge in [-0.1, -0.05) is 13.0 Å². The quantitative estimate of drug-likeness (QED) is 0.309. The molecule has 3 N–H and O–H groups in total. The predicted octanol–water partition coefficient (Wildman–Crippen LogP) is 2.94. The van der Waals surface area contributed by atoms with Crippen LogP contribution in [-0.2, 0) is 20.9 Å². The van der Waals surface area contributed by atoms with Gasteiger partial charge in [0.15, 0.2) is 6.67 Å². The molecule has 1 aromatic heterocycles. The average Bonchev–Trinajstić information content (AvgIpc) is 4.00. The van der Waals surface area contributed by atoms with Crippen LogP contribution >= 0.6 is 0 Å². The van der Waals surface area contributed by atoms with E-state index < -0.39 is 48.2 Å². The van der Waals surface area contributed by atoms with Gasteiger partial charge in [-0.15, -0.1) is 0 Å². The standard InChI is InChI=1S/C33H45F2N7O4/c1-5-42-26(12-13-36-42)31(44)39-30(28(21-6-7-21)22-8-9-22)32(45)37-25-11-10-23(16-24(25)35)20(3)29(38-27(43)17-34)33(46)41-15-14-40(4)19(2)18-41/h10-13,16,19-22,28-30H,5-9,14-15,17-18H2,1-4H3,(H,37,45)(H,38,43)(H,39,44)/t19-,20+,29-,30+/m1/s1. The number of carbonyl (C=O) groups excluding carboxylic acids is 4. The minimum Gasteiger partial charge on any atom is -0.341 e. The number of benzene rings is 1. The number of piperazine rings is 1. The maximum Gasteiger partial charge on any atom is 0.270 e. The third kappa shape index (κ3) is 7.56. The Morgan fingerprint density at radius 3 is 2.30 bits per heavy atom. The minimum absolute atomic E-state index is 0.0486. The summed E-state index contributed by atoms with van der Waals surface area (Å²) in [4.78, 5) is 56.5. The Morgan fingerprint density at radius 2 is 1.72 bits per heavy atom. The van der Waals surface area contributed by atoms with Crippen LogP contribution in [0.15, 0.2) is 30.5 Å². The number of likely N-dealkylation sites (N-methyl/N-ethyl adjacent to an activating group) is 1. The van der Waals surface area contributed by atoms with Gasteiger partial charge in [0.2, 0.25) is 11.8 Å². The van der Waals surface area contributed by atoms with Crippen LogP contribution in [0.25, 0.3) is 0 Å². The lowest BCUT2D eigenvalue weighted by Gasteiger charge is -2.40. The van der Waals surface area contributed by atoms with Crippen molar-refractivity contribution < 1.29 is 28.0 Å². The number of aromatic nitrogens is 2. The van der Waals surface area contributed by atoms with Gasteiger partial charge in [-0.05, 0) is 88.1 Å². The van der Waals surface area contributed by atoms with Gasteiger partial charge in [0.1, 0.15) is 23.6 Å². The fraction of sp³-hybridized carbons (Fsp3) is 0.606. The van der Waals surface area contributed by atoms with Crippen LogP contribution in [0.3, 0.4) is 0 Å². The maximum atomic E-state index is 15.6. The molecule has 11 nitrogen and oxygen atoms in total. The molecule has 250 valence electrons. The summed E-state index contributed by atoms with van der Waals surface area (Å²) in [5, 5.41) is 12.3. The van der Waals surface area contributed by atoms with Crippen molar-refractivity contribution in [2.75, 3.05) is 38.7 Å². The lowest BCUT2D eigenvalue weighted by Crippen LogP contribution is -2.58. The Morgan fingerprint density at radius 1 is 1.02 bits per heavy atom. The first kappa shape index (κ1) is 33.5. The van der Waals surface area contributed by atoms with E-state index >= 15 is 4.39 Å². The van der Waals surface area contributed by atoms with Crippen LogP contribution in [0.2, 0.25) is 0 Å². The Labute approximate surface area is 268 Å². The number of rotatable bonds is 13. The van der Waals surface area contributed by atoms with E-state index in [0.717, 1.165) is 25.7 Å². The smallest absolute Gasteiger partial charge is 0.270 e. The van der Waals surface area contributed by atoms with Crippen molar-refractivity contribution in [1.29, 1.82) is 0 Å². The molecule has 1 aromatic carbocycles. The first-order chi connectivity index (χ1) is 22.0. The van der Waals surface area contributed by atoms with Crippen LogP contribution in [0.1, 0.15) is 68.4 Å². The molecule has 1 aliphatic heterocycles. The predicted molar refractivity (Wildman–Crippen MR) is 168 cm³/mol. The zero-order valence-corrected chi connectivity index (χ0v) is 27.0. The molecule has 2 aliphatic carbocycles. The Balaban J connectivity index is 1.34. The molecule has 13 heteroatoms. The highest BCUT2D eigenvalue weighted by molar-refractivity contribution is 6.01. The maximum absolute atomic E-state index is 15.6. The third-order valence-electron chi connectivity index (χ3n) is 9.79. The van der Waals surface area contributed by atoms with Crippen LogP contribution in [0.4, 0.5) is 14.5 Å². The molecule has 3 aliphatic rings.